The van der Waals surface area contributed by atoms with Gasteiger partial charge in [-0.2, -0.15) is 0 Å². The summed E-state index contributed by atoms with van der Waals surface area (Å²) in [7, 11) is 4.05. The number of aliphatic carboxylic acids is 1. The molecule has 2 N–H and O–H groups in total. The Balaban J connectivity index is 4.01. The lowest BCUT2D eigenvalue weighted by atomic mass is 10.0. The van der Waals surface area contributed by atoms with Gasteiger partial charge in [-0.25, -0.2) is 0 Å². The molecule has 0 saturated carbocycles. The van der Waals surface area contributed by atoms with Crippen LogP contribution in [0.25, 0.3) is 0 Å². The second-order valence-electron chi connectivity index (χ2n) is 4.76. The highest BCUT2D eigenvalue weighted by Crippen LogP contribution is 2.04. The zero-order chi connectivity index (χ0) is 12.0. The van der Waals surface area contributed by atoms with Crippen LogP contribution in [0.4, 0.5) is 0 Å². The van der Waals surface area contributed by atoms with Crippen molar-refractivity contribution in [3.8, 4) is 0 Å². The lowest BCUT2D eigenvalue weighted by Crippen LogP contribution is -2.44. The first-order valence-electron chi connectivity index (χ1n) is 5.45. The van der Waals surface area contributed by atoms with E-state index in [0.29, 0.717) is 18.5 Å². The Labute approximate surface area is 92.7 Å². The van der Waals surface area contributed by atoms with Crippen molar-refractivity contribution >= 4 is 5.97 Å². The number of carbonyl (C=O) groups is 1. The van der Waals surface area contributed by atoms with Crippen LogP contribution in [-0.4, -0.2) is 49.2 Å². The number of rotatable bonds is 7. The molecule has 0 amide bonds. The number of carboxylic acids is 1. The summed E-state index contributed by atoms with van der Waals surface area (Å²) in [5, 5.41) is 12.1. The van der Waals surface area contributed by atoms with Crippen LogP contribution in [0.1, 0.15) is 20.8 Å². The van der Waals surface area contributed by atoms with Crippen LogP contribution in [0.2, 0.25) is 0 Å². The van der Waals surface area contributed by atoms with Gasteiger partial charge in [-0.1, -0.05) is 20.8 Å². The zero-order valence-electron chi connectivity index (χ0n) is 10.4. The second kappa shape index (κ2) is 6.80. The molecule has 0 spiro atoms. The first-order valence-corrected chi connectivity index (χ1v) is 5.45. The Morgan fingerprint density at radius 3 is 2.20 bits per heavy atom. The van der Waals surface area contributed by atoms with E-state index in [1.54, 1.807) is 6.92 Å². The van der Waals surface area contributed by atoms with Crippen molar-refractivity contribution < 1.29 is 9.90 Å². The Bertz CT molecular complexity index is 193. The number of likely N-dealkylation sites (N-methyl/N-ethyl adjacent to an activating group) is 1. The Kier molecular flexibility index (Phi) is 6.52. The highest BCUT2D eigenvalue weighted by Gasteiger charge is 2.17. The van der Waals surface area contributed by atoms with Crippen LogP contribution >= 0.6 is 0 Å². The lowest BCUT2D eigenvalue weighted by Gasteiger charge is -2.26. The van der Waals surface area contributed by atoms with E-state index in [9.17, 15) is 4.79 Å². The van der Waals surface area contributed by atoms with Crippen LogP contribution in [0.5, 0.6) is 0 Å². The molecule has 0 aliphatic heterocycles. The van der Waals surface area contributed by atoms with Gasteiger partial charge < -0.3 is 15.3 Å². The van der Waals surface area contributed by atoms with E-state index < -0.39 is 5.97 Å². The van der Waals surface area contributed by atoms with Gasteiger partial charge in [0.05, 0.1) is 5.92 Å². The number of nitrogens with one attached hydrogen (secondary N) is 1. The average Bonchev–Trinajstić information content (AvgIpc) is 2.10. The first-order chi connectivity index (χ1) is 6.84. The summed E-state index contributed by atoms with van der Waals surface area (Å²) in [5.74, 6) is -0.559. The Morgan fingerprint density at radius 1 is 1.33 bits per heavy atom. The molecule has 4 heteroatoms. The molecule has 15 heavy (non-hydrogen) atoms. The number of carboxylic acid groups (broad SMARTS) is 1. The molecule has 4 nitrogen and oxygen atoms in total. The highest BCUT2D eigenvalue weighted by atomic mass is 16.4. The molecule has 0 aromatic rings. The monoisotopic (exact) mass is 216 g/mol. The third kappa shape index (κ3) is 6.47. The van der Waals surface area contributed by atoms with Crippen molar-refractivity contribution in [1.82, 2.24) is 10.2 Å². The van der Waals surface area contributed by atoms with Gasteiger partial charge in [0.2, 0.25) is 0 Å². The van der Waals surface area contributed by atoms with Crippen LogP contribution in [0.15, 0.2) is 0 Å². The number of hydrogen-bond acceptors (Lipinski definition) is 3. The van der Waals surface area contributed by atoms with E-state index in [1.807, 2.05) is 14.1 Å². The fourth-order valence-corrected chi connectivity index (χ4v) is 1.32. The van der Waals surface area contributed by atoms with Gasteiger partial charge in [-0.15, -0.1) is 0 Å². The van der Waals surface area contributed by atoms with Crippen molar-refractivity contribution in [2.75, 3.05) is 27.2 Å². The first kappa shape index (κ1) is 14.4. The maximum atomic E-state index is 10.7. The summed E-state index contributed by atoms with van der Waals surface area (Å²) in [6.07, 6.45) is 0. The average molecular weight is 216 g/mol. The molecule has 0 aromatic heterocycles. The molecule has 0 bridgehead atoms. The molecule has 0 rings (SSSR count). The van der Waals surface area contributed by atoms with E-state index in [2.05, 4.69) is 24.1 Å². The van der Waals surface area contributed by atoms with E-state index >= 15 is 0 Å². The van der Waals surface area contributed by atoms with E-state index in [-0.39, 0.29) is 5.92 Å². The standard InChI is InChI=1S/C11H24N2O2/c1-8(2)10(7-13(4)5)12-6-9(3)11(14)15/h8-10,12H,6-7H2,1-5H3,(H,14,15). The summed E-state index contributed by atoms with van der Waals surface area (Å²) in [4.78, 5) is 12.8. The van der Waals surface area contributed by atoms with Gasteiger partial charge in [0, 0.05) is 19.1 Å². The highest BCUT2D eigenvalue weighted by molar-refractivity contribution is 5.69. The van der Waals surface area contributed by atoms with Crippen LogP contribution < -0.4 is 5.32 Å². The van der Waals surface area contributed by atoms with Gasteiger partial charge >= 0.3 is 5.97 Å². The van der Waals surface area contributed by atoms with Gasteiger partial charge in [-0.3, -0.25) is 4.79 Å². The van der Waals surface area contributed by atoms with Crippen molar-refractivity contribution in [2.45, 2.75) is 26.8 Å². The topological polar surface area (TPSA) is 52.6 Å². The van der Waals surface area contributed by atoms with Crippen LogP contribution in [0, 0.1) is 11.8 Å². The van der Waals surface area contributed by atoms with Crippen LogP contribution in [0.3, 0.4) is 0 Å². The lowest BCUT2D eigenvalue weighted by molar-refractivity contribution is -0.141. The summed E-state index contributed by atoms with van der Waals surface area (Å²) in [6.45, 7) is 7.48. The molecular formula is C11H24N2O2. The molecule has 2 unspecified atom stereocenters. The third-order valence-electron chi connectivity index (χ3n) is 2.47. The summed E-state index contributed by atoms with van der Waals surface area (Å²) in [5.41, 5.74) is 0. The van der Waals surface area contributed by atoms with E-state index in [1.165, 1.54) is 0 Å². The molecule has 2 atom stereocenters. The second-order valence-corrected chi connectivity index (χ2v) is 4.76. The molecular weight excluding hydrogens is 192 g/mol. The molecule has 0 saturated heterocycles. The van der Waals surface area contributed by atoms with Crippen molar-refractivity contribution in [2.24, 2.45) is 11.8 Å². The third-order valence-corrected chi connectivity index (χ3v) is 2.47. The van der Waals surface area contributed by atoms with Gasteiger partial charge in [0.15, 0.2) is 0 Å². The summed E-state index contributed by atoms with van der Waals surface area (Å²) < 4.78 is 0. The van der Waals surface area contributed by atoms with Gasteiger partial charge in [0.25, 0.3) is 0 Å². The summed E-state index contributed by atoms with van der Waals surface area (Å²) >= 11 is 0. The minimum absolute atomic E-state index is 0.326. The maximum absolute atomic E-state index is 10.7. The molecule has 0 aliphatic rings. The normalized spacial score (nSPS) is 15.7. The number of nitrogens with zero attached hydrogens (tertiary/aromatic N) is 1. The Morgan fingerprint density at radius 2 is 1.87 bits per heavy atom. The quantitative estimate of drug-likeness (QED) is 0.663. The predicted octanol–water partition coefficient (Wildman–Crippen LogP) is 0.883. The smallest absolute Gasteiger partial charge is 0.307 e. The zero-order valence-corrected chi connectivity index (χ0v) is 10.4. The minimum Gasteiger partial charge on any atom is -0.481 e. The Hall–Kier alpha value is -0.610. The SMILES string of the molecule is CC(CNC(CN(C)C)C(C)C)C(=O)O. The molecule has 0 fully saturated rings. The summed E-state index contributed by atoms with van der Waals surface area (Å²) in [6, 6.07) is 0.349. The van der Waals surface area contributed by atoms with E-state index in [4.69, 9.17) is 5.11 Å². The van der Waals surface area contributed by atoms with E-state index in [0.717, 1.165) is 6.54 Å². The molecule has 0 aromatic carbocycles. The maximum Gasteiger partial charge on any atom is 0.307 e. The minimum atomic E-state index is -0.741. The fraction of sp³-hybridized carbons (Fsp3) is 0.909. The molecule has 0 aliphatic carbocycles. The van der Waals surface area contributed by atoms with Crippen molar-refractivity contribution in [3.63, 3.8) is 0 Å². The van der Waals surface area contributed by atoms with Crippen LogP contribution in [-0.2, 0) is 4.79 Å². The van der Waals surface area contributed by atoms with Crippen molar-refractivity contribution in [1.29, 1.82) is 0 Å². The molecule has 0 heterocycles. The van der Waals surface area contributed by atoms with Crippen molar-refractivity contribution in [3.05, 3.63) is 0 Å². The number of hydrogen-bond donors (Lipinski definition) is 2. The molecule has 0 radical (unpaired) electrons. The van der Waals surface area contributed by atoms with Gasteiger partial charge in [-0.05, 0) is 20.0 Å². The fourth-order valence-electron chi connectivity index (χ4n) is 1.32. The largest absolute Gasteiger partial charge is 0.481 e. The predicted molar refractivity (Wildman–Crippen MR) is 62.0 cm³/mol. The molecule has 90 valence electrons. The van der Waals surface area contributed by atoms with Gasteiger partial charge in [0.1, 0.15) is 0 Å².